The van der Waals surface area contributed by atoms with Crippen molar-refractivity contribution < 1.29 is 4.74 Å². The molecule has 2 bridgehead atoms. The summed E-state index contributed by atoms with van der Waals surface area (Å²) in [6.45, 7) is 3.58. The van der Waals surface area contributed by atoms with Gasteiger partial charge in [-0.2, -0.15) is 0 Å². The molecule has 1 aliphatic carbocycles. The van der Waals surface area contributed by atoms with Crippen LogP contribution in [0.15, 0.2) is 42.0 Å². The molecule has 0 radical (unpaired) electrons. The zero-order valence-electron chi connectivity index (χ0n) is 14.2. The molecule has 128 valence electrons. The SMILES string of the molecule is C1=CC2SC=C(c3cnc4c(c3)C[C@@]3(CN5CCC3CC5)O4)C2C=C1. The molecule has 3 atom stereocenters. The van der Waals surface area contributed by atoms with Gasteiger partial charge in [-0.3, -0.25) is 4.90 Å². The van der Waals surface area contributed by atoms with E-state index in [1.807, 2.05) is 18.0 Å². The van der Waals surface area contributed by atoms with Crippen LogP contribution in [0, 0.1) is 11.8 Å². The van der Waals surface area contributed by atoms with Gasteiger partial charge >= 0.3 is 0 Å². The second kappa shape index (κ2) is 5.24. The molecule has 1 aromatic heterocycles. The van der Waals surface area contributed by atoms with Crippen LogP contribution in [0.5, 0.6) is 5.88 Å². The molecule has 3 saturated heterocycles. The molecule has 25 heavy (non-hydrogen) atoms. The molecule has 0 amide bonds. The summed E-state index contributed by atoms with van der Waals surface area (Å²) >= 11 is 1.93. The lowest BCUT2D eigenvalue weighted by Gasteiger charge is -2.50. The van der Waals surface area contributed by atoms with E-state index < -0.39 is 0 Å². The van der Waals surface area contributed by atoms with Crippen molar-refractivity contribution in [2.24, 2.45) is 11.8 Å². The Morgan fingerprint density at radius 2 is 2.08 bits per heavy atom. The van der Waals surface area contributed by atoms with Crippen LogP contribution in [-0.4, -0.2) is 40.4 Å². The van der Waals surface area contributed by atoms with Crippen molar-refractivity contribution in [3.05, 3.63) is 53.1 Å². The predicted molar refractivity (Wildman–Crippen MR) is 102 cm³/mol. The van der Waals surface area contributed by atoms with Gasteiger partial charge in [0.15, 0.2) is 0 Å². The monoisotopic (exact) mass is 350 g/mol. The van der Waals surface area contributed by atoms with Crippen LogP contribution < -0.4 is 4.74 Å². The number of aromatic nitrogens is 1. The van der Waals surface area contributed by atoms with E-state index in [-0.39, 0.29) is 5.60 Å². The molecule has 4 heteroatoms. The van der Waals surface area contributed by atoms with Crippen molar-refractivity contribution in [3.63, 3.8) is 0 Å². The Labute approximate surface area is 152 Å². The summed E-state index contributed by atoms with van der Waals surface area (Å²) in [7, 11) is 0. The number of thioether (sulfide) groups is 1. The number of piperidine rings is 3. The molecule has 7 rings (SSSR count). The molecule has 3 nitrogen and oxygen atoms in total. The lowest BCUT2D eigenvalue weighted by Crippen LogP contribution is -2.61. The first-order chi connectivity index (χ1) is 12.3. The number of ether oxygens (including phenoxy) is 1. The molecule has 6 aliphatic rings. The first kappa shape index (κ1) is 14.6. The molecule has 0 saturated carbocycles. The number of pyridine rings is 1. The Balaban J connectivity index is 1.32. The van der Waals surface area contributed by atoms with E-state index in [4.69, 9.17) is 9.72 Å². The van der Waals surface area contributed by atoms with Crippen LogP contribution in [0.4, 0.5) is 0 Å². The van der Waals surface area contributed by atoms with Crippen molar-refractivity contribution in [3.8, 4) is 5.88 Å². The van der Waals surface area contributed by atoms with Gasteiger partial charge in [-0.25, -0.2) is 4.98 Å². The van der Waals surface area contributed by atoms with E-state index in [0.717, 1.165) is 18.8 Å². The summed E-state index contributed by atoms with van der Waals surface area (Å²) in [5.74, 6) is 2.08. The Bertz CT molecular complexity index is 821. The smallest absolute Gasteiger partial charge is 0.217 e. The first-order valence-corrected chi connectivity index (χ1v) is 10.4. The molecule has 6 heterocycles. The first-order valence-electron chi connectivity index (χ1n) is 9.42. The maximum absolute atomic E-state index is 6.49. The molecule has 5 aliphatic heterocycles. The number of nitrogens with zero attached hydrogens (tertiary/aromatic N) is 2. The van der Waals surface area contributed by atoms with Crippen molar-refractivity contribution in [2.45, 2.75) is 30.1 Å². The lowest BCUT2D eigenvalue weighted by atomic mass is 9.73. The van der Waals surface area contributed by atoms with Crippen LogP contribution in [-0.2, 0) is 6.42 Å². The third kappa shape index (κ3) is 2.13. The fourth-order valence-corrected chi connectivity index (χ4v) is 6.54. The van der Waals surface area contributed by atoms with Crippen molar-refractivity contribution in [2.75, 3.05) is 19.6 Å². The highest BCUT2D eigenvalue weighted by molar-refractivity contribution is 8.03. The Morgan fingerprint density at radius 3 is 2.92 bits per heavy atom. The summed E-state index contributed by atoms with van der Waals surface area (Å²) in [5.41, 5.74) is 4.01. The van der Waals surface area contributed by atoms with Gasteiger partial charge in [0.1, 0.15) is 5.60 Å². The average Bonchev–Trinajstić information content (AvgIpc) is 3.23. The minimum atomic E-state index is -0.000716. The molecule has 3 fully saturated rings. The standard InChI is InChI=1S/C21H22N2OS/c1-2-4-19-17(3-1)18(12-25-19)15-9-14-10-21(24-20(14)22-11-15)13-23-7-5-16(21)6-8-23/h1-4,9,11-12,16-17,19H,5-8,10,13H2/t17?,19?,21-/m0/s1. The maximum atomic E-state index is 6.49. The number of hydrogen-bond acceptors (Lipinski definition) is 4. The van der Waals surface area contributed by atoms with Gasteiger partial charge in [0.25, 0.3) is 0 Å². The Kier molecular flexibility index (Phi) is 3.07. The highest BCUT2D eigenvalue weighted by atomic mass is 32.2. The van der Waals surface area contributed by atoms with E-state index in [1.54, 1.807) is 0 Å². The molecular formula is C21H22N2OS. The van der Waals surface area contributed by atoms with Crippen LogP contribution in [0.3, 0.4) is 0 Å². The van der Waals surface area contributed by atoms with Gasteiger partial charge in [-0.15, -0.1) is 11.8 Å². The van der Waals surface area contributed by atoms with E-state index in [2.05, 4.69) is 40.7 Å². The minimum Gasteiger partial charge on any atom is -0.469 e. The third-order valence-electron chi connectivity index (χ3n) is 6.67. The second-order valence-electron chi connectivity index (χ2n) is 8.05. The quantitative estimate of drug-likeness (QED) is 0.771. The van der Waals surface area contributed by atoms with Gasteiger partial charge in [-0.05, 0) is 48.5 Å². The van der Waals surface area contributed by atoms with Crippen LogP contribution in [0.1, 0.15) is 24.0 Å². The third-order valence-corrected chi connectivity index (χ3v) is 7.82. The summed E-state index contributed by atoms with van der Waals surface area (Å²) < 4.78 is 6.49. The number of hydrogen-bond donors (Lipinski definition) is 0. The van der Waals surface area contributed by atoms with Crippen LogP contribution >= 0.6 is 11.8 Å². The van der Waals surface area contributed by atoms with Crippen LogP contribution in [0.2, 0.25) is 0 Å². The van der Waals surface area contributed by atoms with Gasteiger partial charge in [0, 0.05) is 41.8 Å². The maximum Gasteiger partial charge on any atom is 0.217 e. The van der Waals surface area contributed by atoms with E-state index in [0.29, 0.717) is 17.1 Å². The average molecular weight is 350 g/mol. The summed E-state index contributed by atoms with van der Waals surface area (Å²) in [4.78, 5) is 7.32. The summed E-state index contributed by atoms with van der Waals surface area (Å²) in [5, 5.41) is 2.89. The van der Waals surface area contributed by atoms with Crippen molar-refractivity contribution >= 4 is 17.3 Å². The molecule has 1 spiro atoms. The van der Waals surface area contributed by atoms with Gasteiger partial charge in [0.05, 0.1) is 0 Å². The minimum absolute atomic E-state index is 0.000716. The van der Waals surface area contributed by atoms with Gasteiger partial charge in [-0.1, -0.05) is 24.3 Å². The molecule has 1 aromatic rings. The zero-order valence-corrected chi connectivity index (χ0v) is 15.0. The number of allylic oxidation sites excluding steroid dienone is 4. The highest BCUT2D eigenvalue weighted by Crippen LogP contribution is 2.48. The Hall–Kier alpha value is -1.52. The fraction of sp³-hybridized carbons (Fsp3) is 0.476. The summed E-state index contributed by atoms with van der Waals surface area (Å²) in [6, 6.07) is 2.36. The van der Waals surface area contributed by atoms with Gasteiger partial charge < -0.3 is 4.74 Å². The van der Waals surface area contributed by atoms with Crippen molar-refractivity contribution in [1.29, 1.82) is 0 Å². The molecule has 2 unspecified atom stereocenters. The Morgan fingerprint density at radius 1 is 1.20 bits per heavy atom. The largest absolute Gasteiger partial charge is 0.469 e. The summed E-state index contributed by atoms with van der Waals surface area (Å²) in [6.07, 6.45) is 14.6. The predicted octanol–water partition coefficient (Wildman–Crippen LogP) is 3.68. The van der Waals surface area contributed by atoms with Crippen molar-refractivity contribution in [1.82, 2.24) is 9.88 Å². The van der Waals surface area contributed by atoms with E-state index in [9.17, 15) is 0 Å². The topological polar surface area (TPSA) is 25.4 Å². The molecular weight excluding hydrogens is 328 g/mol. The zero-order chi connectivity index (χ0) is 16.4. The second-order valence-corrected chi connectivity index (χ2v) is 9.10. The number of rotatable bonds is 1. The molecule has 0 N–H and O–H groups in total. The van der Waals surface area contributed by atoms with E-state index >= 15 is 0 Å². The lowest BCUT2D eigenvalue weighted by molar-refractivity contribution is -0.0814. The number of fused-ring (bicyclic) bond motifs is 4. The van der Waals surface area contributed by atoms with Gasteiger partial charge in [0.2, 0.25) is 5.88 Å². The van der Waals surface area contributed by atoms with E-state index in [1.165, 1.54) is 42.6 Å². The van der Waals surface area contributed by atoms with Crippen LogP contribution in [0.25, 0.3) is 5.57 Å². The fourth-order valence-electron chi connectivity index (χ4n) is 5.35. The highest BCUT2D eigenvalue weighted by Gasteiger charge is 2.52. The normalized spacial score (nSPS) is 40.1. The molecule has 0 aromatic carbocycles.